The van der Waals surface area contributed by atoms with E-state index in [1.54, 1.807) is 6.92 Å². The number of carbonyl (C=O) groups excluding carboxylic acids is 2. The average Bonchev–Trinajstić information content (AvgIpc) is 2.59. The van der Waals surface area contributed by atoms with Crippen molar-refractivity contribution in [3.05, 3.63) is 35.9 Å². The van der Waals surface area contributed by atoms with E-state index in [4.69, 9.17) is 4.74 Å². The predicted molar refractivity (Wildman–Crippen MR) is 88.8 cm³/mol. The normalized spacial score (nSPS) is 16.4. The van der Waals surface area contributed by atoms with Crippen molar-refractivity contribution in [2.24, 2.45) is 5.92 Å². The van der Waals surface area contributed by atoms with Gasteiger partial charge in [-0.25, -0.2) is 4.79 Å². The van der Waals surface area contributed by atoms with E-state index in [9.17, 15) is 9.59 Å². The molecule has 0 unspecified atom stereocenters. The van der Waals surface area contributed by atoms with Gasteiger partial charge < -0.3 is 15.4 Å². The first-order valence-corrected chi connectivity index (χ1v) is 8.40. The first kappa shape index (κ1) is 17.3. The third-order valence-corrected chi connectivity index (χ3v) is 4.23. The van der Waals surface area contributed by atoms with Gasteiger partial charge in [0.05, 0.1) is 0 Å². The summed E-state index contributed by atoms with van der Waals surface area (Å²) in [6.07, 6.45) is 5.59. The summed E-state index contributed by atoms with van der Waals surface area (Å²) in [5, 5.41) is 5.49. The van der Waals surface area contributed by atoms with E-state index in [2.05, 4.69) is 10.6 Å². The van der Waals surface area contributed by atoms with Crippen LogP contribution in [-0.2, 0) is 16.1 Å². The van der Waals surface area contributed by atoms with Gasteiger partial charge >= 0.3 is 6.09 Å². The summed E-state index contributed by atoms with van der Waals surface area (Å²) in [5.41, 5.74) is 0.914. The first-order valence-electron chi connectivity index (χ1n) is 8.40. The molecule has 126 valence electrons. The first-order chi connectivity index (χ1) is 11.1. The van der Waals surface area contributed by atoms with Gasteiger partial charge in [-0.05, 0) is 31.2 Å². The predicted octanol–water partition coefficient (Wildman–Crippen LogP) is 3.00. The van der Waals surface area contributed by atoms with E-state index >= 15 is 0 Å². The maximum Gasteiger partial charge on any atom is 0.408 e. The van der Waals surface area contributed by atoms with E-state index in [0.717, 1.165) is 5.56 Å². The van der Waals surface area contributed by atoms with Crippen LogP contribution in [0.1, 0.15) is 44.6 Å². The number of alkyl carbamates (subject to hydrolysis) is 1. The highest BCUT2D eigenvalue weighted by atomic mass is 16.5. The van der Waals surface area contributed by atoms with Gasteiger partial charge in [0.15, 0.2) is 0 Å². The minimum atomic E-state index is -0.595. The van der Waals surface area contributed by atoms with E-state index in [0.29, 0.717) is 12.5 Å². The summed E-state index contributed by atoms with van der Waals surface area (Å²) in [4.78, 5) is 23.7. The molecule has 5 heteroatoms. The zero-order valence-electron chi connectivity index (χ0n) is 13.7. The highest BCUT2D eigenvalue weighted by Crippen LogP contribution is 2.22. The van der Waals surface area contributed by atoms with Gasteiger partial charge in [-0.3, -0.25) is 4.79 Å². The molecule has 0 aliphatic heterocycles. The average molecular weight is 318 g/mol. The Bertz CT molecular complexity index is 498. The van der Waals surface area contributed by atoms with Crippen LogP contribution in [0.5, 0.6) is 0 Å². The van der Waals surface area contributed by atoms with Crippen LogP contribution in [0.3, 0.4) is 0 Å². The van der Waals surface area contributed by atoms with Gasteiger partial charge in [-0.2, -0.15) is 0 Å². The largest absolute Gasteiger partial charge is 0.445 e. The van der Waals surface area contributed by atoms with E-state index in [1.165, 1.54) is 32.1 Å². The molecule has 0 radical (unpaired) electrons. The fourth-order valence-electron chi connectivity index (χ4n) is 2.80. The summed E-state index contributed by atoms with van der Waals surface area (Å²) in [5.74, 6) is 0.414. The molecule has 1 atom stereocenters. The summed E-state index contributed by atoms with van der Waals surface area (Å²) >= 11 is 0. The van der Waals surface area contributed by atoms with Crippen LogP contribution in [0.4, 0.5) is 4.79 Å². The third-order valence-electron chi connectivity index (χ3n) is 4.23. The number of hydrogen-bond acceptors (Lipinski definition) is 3. The molecule has 0 spiro atoms. The van der Waals surface area contributed by atoms with Gasteiger partial charge in [0.25, 0.3) is 0 Å². The molecule has 0 saturated heterocycles. The Labute approximate surface area is 137 Å². The number of amides is 2. The van der Waals surface area contributed by atoms with Crippen molar-refractivity contribution in [3.8, 4) is 0 Å². The quantitative estimate of drug-likeness (QED) is 0.847. The molecule has 1 saturated carbocycles. The van der Waals surface area contributed by atoms with Crippen molar-refractivity contribution in [1.82, 2.24) is 10.6 Å². The van der Waals surface area contributed by atoms with Gasteiger partial charge in [-0.1, -0.05) is 49.6 Å². The number of rotatable bonds is 6. The fraction of sp³-hybridized carbons (Fsp3) is 0.556. The Kier molecular flexibility index (Phi) is 6.91. The van der Waals surface area contributed by atoms with Crippen molar-refractivity contribution >= 4 is 12.0 Å². The van der Waals surface area contributed by atoms with Crippen molar-refractivity contribution in [1.29, 1.82) is 0 Å². The van der Waals surface area contributed by atoms with Crippen LogP contribution in [0.2, 0.25) is 0 Å². The Morgan fingerprint density at radius 3 is 2.57 bits per heavy atom. The van der Waals surface area contributed by atoms with Crippen LogP contribution in [0.25, 0.3) is 0 Å². The van der Waals surface area contributed by atoms with Crippen molar-refractivity contribution in [2.45, 2.75) is 51.7 Å². The molecule has 0 heterocycles. The highest BCUT2D eigenvalue weighted by molar-refractivity contribution is 5.85. The number of benzene rings is 1. The molecule has 2 N–H and O–H groups in total. The monoisotopic (exact) mass is 318 g/mol. The lowest BCUT2D eigenvalue weighted by Gasteiger charge is -2.22. The van der Waals surface area contributed by atoms with Crippen molar-refractivity contribution in [3.63, 3.8) is 0 Å². The second kappa shape index (κ2) is 9.18. The van der Waals surface area contributed by atoms with Crippen LogP contribution in [0, 0.1) is 5.92 Å². The molecule has 1 fully saturated rings. The molecule has 1 aromatic rings. The van der Waals surface area contributed by atoms with Crippen molar-refractivity contribution < 1.29 is 14.3 Å². The van der Waals surface area contributed by atoms with Gasteiger partial charge in [0.2, 0.25) is 5.91 Å². The molecular formula is C18H26N2O3. The standard InChI is InChI=1S/C18H26N2O3/c1-14(17(21)19-12-15-8-4-2-5-9-15)20-18(22)23-13-16-10-6-3-7-11-16/h3,6-7,10-11,14-15H,2,4-5,8-9,12-13H2,1H3,(H,19,21)(H,20,22)/t14-/m0/s1. The fourth-order valence-corrected chi connectivity index (χ4v) is 2.80. The Morgan fingerprint density at radius 2 is 1.87 bits per heavy atom. The minimum absolute atomic E-state index is 0.160. The number of hydrogen-bond donors (Lipinski definition) is 2. The molecule has 1 aliphatic rings. The molecular weight excluding hydrogens is 292 g/mol. The lowest BCUT2D eigenvalue weighted by atomic mass is 9.89. The van der Waals surface area contributed by atoms with Crippen LogP contribution >= 0.6 is 0 Å². The molecule has 5 nitrogen and oxygen atoms in total. The topological polar surface area (TPSA) is 67.4 Å². The molecule has 1 aromatic carbocycles. The number of carbonyl (C=O) groups is 2. The summed E-state index contributed by atoms with van der Waals surface area (Å²) in [6.45, 7) is 2.56. The van der Waals surface area contributed by atoms with Gasteiger partial charge in [0.1, 0.15) is 12.6 Å². The Balaban J connectivity index is 1.64. The van der Waals surface area contributed by atoms with Crippen LogP contribution in [0.15, 0.2) is 30.3 Å². The van der Waals surface area contributed by atoms with E-state index in [-0.39, 0.29) is 12.5 Å². The van der Waals surface area contributed by atoms with Crippen LogP contribution in [-0.4, -0.2) is 24.6 Å². The molecule has 23 heavy (non-hydrogen) atoms. The molecule has 0 aromatic heterocycles. The van der Waals surface area contributed by atoms with E-state index in [1.807, 2.05) is 30.3 Å². The highest BCUT2D eigenvalue weighted by Gasteiger charge is 2.19. The summed E-state index contributed by atoms with van der Waals surface area (Å²) in [6, 6.07) is 8.85. The Hall–Kier alpha value is -2.04. The third kappa shape index (κ3) is 6.30. The van der Waals surface area contributed by atoms with Gasteiger partial charge in [-0.15, -0.1) is 0 Å². The zero-order chi connectivity index (χ0) is 16.5. The van der Waals surface area contributed by atoms with E-state index < -0.39 is 12.1 Å². The number of ether oxygens (including phenoxy) is 1. The van der Waals surface area contributed by atoms with Gasteiger partial charge in [0, 0.05) is 6.54 Å². The second-order valence-corrected chi connectivity index (χ2v) is 6.18. The Morgan fingerprint density at radius 1 is 1.17 bits per heavy atom. The maximum atomic E-state index is 12.0. The summed E-state index contributed by atoms with van der Waals surface area (Å²) < 4.78 is 5.11. The molecule has 2 rings (SSSR count). The van der Waals surface area contributed by atoms with Crippen LogP contribution < -0.4 is 10.6 Å². The molecule has 2 amide bonds. The lowest BCUT2D eigenvalue weighted by Crippen LogP contribution is -2.46. The summed E-state index contributed by atoms with van der Waals surface area (Å²) in [7, 11) is 0. The SMILES string of the molecule is C[C@H](NC(=O)OCc1ccccc1)C(=O)NCC1CCCCC1. The molecule has 1 aliphatic carbocycles. The zero-order valence-corrected chi connectivity index (χ0v) is 13.7. The molecule has 0 bridgehead atoms. The van der Waals surface area contributed by atoms with Crippen molar-refractivity contribution in [2.75, 3.05) is 6.54 Å². The maximum absolute atomic E-state index is 12.0. The lowest BCUT2D eigenvalue weighted by molar-refractivity contribution is -0.122. The smallest absolute Gasteiger partial charge is 0.408 e. The minimum Gasteiger partial charge on any atom is -0.445 e. The second-order valence-electron chi connectivity index (χ2n) is 6.18. The number of nitrogens with one attached hydrogen (secondary N) is 2.